The van der Waals surface area contributed by atoms with Gasteiger partial charge in [0.2, 0.25) is 5.91 Å². The van der Waals surface area contributed by atoms with Crippen molar-refractivity contribution < 1.29 is 18.7 Å². The van der Waals surface area contributed by atoms with Crippen molar-refractivity contribution in [3.05, 3.63) is 78.4 Å². The lowest BCUT2D eigenvalue weighted by molar-refractivity contribution is -0.127. The number of aromatic nitrogens is 2. The molecule has 1 aromatic heterocycles. The molecule has 3 heterocycles. The number of rotatable bonds is 6. The lowest BCUT2D eigenvalue weighted by Gasteiger charge is -2.37. The third-order valence-corrected chi connectivity index (χ3v) is 6.96. The number of ether oxygens (including phenoxy) is 1. The molecule has 0 spiro atoms. The van der Waals surface area contributed by atoms with E-state index in [1.807, 2.05) is 4.90 Å². The maximum Gasteiger partial charge on any atom is 0.269 e. The van der Waals surface area contributed by atoms with Crippen LogP contribution < -0.4 is 15.8 Å². The number of primary amides is 1. The van der Waals surface area contributed by atoms with Gasteiger partial charge in [0, 0.05) is 31.6 Å². The molecule has 1 fully saturated rings. The maximum absolute atomic E-state index is 13.5. The Morgan fingerprint density at radius 1 is 1.11 bits per heavy atom. The number of likely N-dealkylation sites (tertiary alicyclic amines) is 1. The second-order valence-corrected chi connectivity index (χ2v) is 9.13. The van der Waals surface area contributed by atoms with E-state index in [4.69, 9.17) is 15.6 Å². The van der Waals surface area contributed by atoms with Gasteiger partial charge in [-0.25, -0.2) is 9.07 Å². The molecule has 0 saturated carbocycles. The fourth-order valence-corrected chi connectivity index (χ4v) is 5.20. The van der Waals surface area contributed by atoms with E-state index in [-0.39, 0.29) is 17.6 Å². The SMILES string of the molecule is C=CC(=O)N1CCC(C2CCNc3c2nn(-c2ccc(Oc4cccc(F)c4)cc2)c3C(N)=O)CC1. The normalized spacial score (nSPS) is 17.7. The Balaban J connectivity index is 1.41. The van der Waals surface area contributed by atoms with Crippen LogP contribution in [0, 0.1) is 11.7 Å². The standard InChI is InChI=1S/C27H28FN5O3/c1-2-23(34)32-14-11-17(12-15-32)22-10-13-30-25-24(22)31-33(26(25)27(29)35)19-6-8-20(9-7-19)36-21-5-3-4-18(28)16-21/h2-9,16-17,22,30H,1,10-15H2,(H2,29,35). The van der Waals surface area contributed by atoms with E-state index in [9.17, 15) is 14.0 Å². The van der Waals surface area contributed by atoms with Gasteiger partial charge in [-0.15, -0.1) is 0 Å². The Hall–Kier alpha value is -4.14. The third-order valence-electron chi connectivity index (χ3n) is 6.96. The lowest BCUT2D eigenvalue weighted by Crippen LogP contribution is -2.39. The highest BCUT2D eigenvalue weighted by Crippen LogP contribution is 2.42. The van der Waals surface area contributed by atoms with Gasteiger partial charge in [-0.05, 0) is 67.7 Å². The first kappa shape index (κ1) is 23.6. The predicted molar refractivity (Wildman–Crippen MR) is 134 cm³/mol. The second-order valence-electron chi connectivity index (χ2n) is 9.13. The zero-order valence-electron chi connectivity index (χ0n) is 19.8. The average Bonchev–Trinajstić information content (AvgIpc) is 3.29. The second kappa shape index (κ2) is 9.85. The van der Waals surface area contributed by atoms with Crippen LogP contribution >= 0.6 is 0 Å². The van der Waals surface area contributed by atoms with E-state index in [2.05, 4.69) is 11.9 Å². The van der Waals surface area contributed by atoms with Crippen LogP contribution in [0.2, 0.25) is 0 Å². The lowest BCUT2D eigenvalue weighted by atomic mass is 9.78. The van der Waals surface area contributed by atoms with Crippen molar-refractivity contribution in [3.8, 4) is 17.2 Å². The largest absolute Gasteiger partial charge is 0.457 e. The molecular formula is C27H28FN5O3. The molecule has 0 aliphatic carbocycles. The molecule has 2 aliphatic rings. The first-order valence-corrected chi connectivity index (χ1v) is 12.1. The van der Waals surface area contributed by atoms with Crippen LogP contribution in [0.5, 0.6) is 11.5 Å². The van der Waals surface area contributed by atoms with Crippen LogP contribution in [0.15, 0.2) is 61.2 Å². The number of nitrogens with two attached hydrogens (primary N) is 1. The van der Waals surface area contributed by atoms with Crippen LogP contribution in [0.1, 0.15) is 41.4 Å². The summed E-state index contributed by atoms with van der Waals surface area (Å²) in [5.74, 6) is 0.454. The summed E-state index contributed by atoms with van der Waals surface area (Å²) in [7, 11) is 0. The summed E-state index contributed by atoms with van der Waals surface area (Å²) in [5, 5.41) is 8.20. The molecule has 2 amide bonds. The molecule has 186 valence electrons. The molecule has 1 unspecified atom stereocenters. The van der Waals surface area contributed by atoms with Gasteiger partial charge in [-0.1, -0.05) is 12.6 Å². The molecule has 3 aromatic rings. The highest BCUT2D eigenvalue weighted by molar-refractivity contribution is 5.98. The van der Waals surface area contributed by atoms with Gasteiger partial charge in [-0.2, -0.15) is 5.10 Å². The van der Waals surface area contributed by atoms with E-state index >= 15 is 0 Å². The van der Waals surface area contributed by atoms with Crippen molar-refractivity contribution in [2.45, 2.75) is 25.2 Å². The van der Waals surface area contributed by atoms with Gasteiger partial charge >= 0.3 is 0 Å². The van der Waals surface area contributed by atoms with Crippen molar-refractivity contribution in [3.63, 3.8) is 0 Å². The molecule has 0 radical (unpaired) electrons. The van der Waals surface area contributed by atoms with E-state index < -0.39 is 5.91 Å². The minimum absolute atomic E-state index is 0.0374. The molecule has 2 aliphatic heterocycles. The van der Waals surface area contributed by atoms with Gasteiger partial charge in [0.15, 0.2) is 5.69 Å². The summed E-state index contributed by atoms with van der Waals surface area (Å²) in [6.07, 6.45) is 3.99. The number of piperidine rings is 1. The molecule has 9 heteroatoms. The molecule has 36 heavy (non-hydrogen) atoms. The summed E-state index contributed by atoms with van der Waals surface area (Å²) in [4.78, 5) is 26.3. The van der Waals surface area contributed by atoms with Gasteiger partial charge in [0.25, 0.3) is 5.91 Å². The zero-order chi connectivity index (χ0) is 25.2. The number of hydrogen-bond acceptors (Lipinski definition) is 5. The smallest absolute Gasteiger partial charge is 0.269 e. The highest BCUT2D eigenvalue weighted by Gasteiger charge is 2.36. The first-order chi connectivity index (χ1) is 17.4. The molecule has 0 bridgehead atoms. The molecule has 5 rings (SSSR count). The topological polar surface area (TPSA) is 102 Å². The summed E-state index contributed by atoms with van der Waals surface area (Å²) in [6, 6.07) is 13.0. The van der Waals surface area contributed by atoms with E-state index in [1.165, 1.54) is 18.2 Å². The van der Waals surface area contributed by atoms with Crippen molar-refractivity contribution >= 4 is 17.5 Å². The number of amides is 2. The number of carbonyl (C=O) groups is 2. The van der Waals surface area contributed by atoms with E-state index in [0.717, 1.165) is 31.5 Å². The van der Waals surface area contributed by atoms with Crippen LogP contribution in [-0.2, 0) is 4.79 Å². The van der Waals surface area contributed by atoms with Crippen molar-refractivity contribution in [1.82, 2.24) is 14.7 Å². The fraction of sp³-hybridized carbons (Fsp3) is 0.296. The number of nitrogens with one attached hydrogen (secondary N) is 1. The molecule has 2 aromatic carbocycles. The van der Waals surface area contributed by atoms with Crippen molar-refractivity contribution in [1.29, 1.82) is 0 Å². The van der Waals surface area contributed by atoms with E-state index in [1.54, 1.807) is 41.1 Å². The number of benzene rings is 2. The van der Waals surface area contributed by atoms with Gasteiger partial charge in [0.05, 0.1) is 17.1 Å². The Labute approximate surface area is 208 Å². The number of nitrogens with zero attached hydrogens (tertiary/aromatic N) is 3. The van der Waals surface area contributed by atoms with Crippen LogP contribution in [0.4, 0.5) is 10.1 Å². The quantitative estimate of drug-likeness (QED) is 0.505. The number of hydrogen-bond donors (Lipinski definition) is 2. The van der Waals surface area contributed by atoms with Crippen LogP contribution in [-0.4, -0.2) is 46.1 Å². The predicted octanol–water partition coefficient (Wildman–Crippen LogP) is 4.23. The monoisotopic (exact) mass is 489 g/mol. The van der Waals surface area contributed by atoms with Gasteiger partial charge < -0.3 is 20.7 Å². The number of halogens is 1. The number of anilines is 1. The number of carbonyl (C=O) groups excluding carboxylic acids is 2. The minimum Gasteiger partial charge on any atom is -0.457 e. The highest BCUT2D eigenvalue weighted by atomic mass is 19.1. The fourth-order valence-electron chi connectivity index (χ4n) is 5.20. The minimum atomic E-state index is -0.566. The van der Waals surface area contributed by atoms with Crippen molar-refractivity contribution in [2.24, 2.45) is 11.7 Å². The first-order valence-electron chi connectivity index (χ1n) is 12.1. The molecule has 8 nitrogen and oxygen atoms in total. The number of fused-ring (bicyclic) bond motifs is 1. The summed E-state index contributed by atoms with van der Waals surface area (Å²) in [6.45, 7) is 5.67. The third kappa shape index (κ3) is 4.56. The van der Waals surface area contributed by atoms with E-state index in [0.29, 0.717) is 47.6 Å². The molecule has 3 N–H and O–H groups in total. The molecular weight excluding hydrogens is 461 g/mol. The van der Waals surface area contributed by atoms with Gasteiger partial charge in [-0.3, -0.25) is 9.59 Å². The molecule has 1 atom stereocenters. The Morgan fingerprint density at radius 2 is 1.86 bits per heavy atom. The van der Waals surface area contributed by atoms with Gasteiger partial charge in [0.1, 0.15) is 17.3 Å². The summed E-state index contributed by atoms with van der Waals surface area (Å²) >= 11 is 0. The van der Waals surface area contributed by atoms with Crippen LogP contribution in [0.25, 0.3) is 5.69 Å². The Morgan fingerprint density at radius 3 is 2.53 bits per heavy atom. The van der Waals surface area contributed by atoms with Crippen molar-refractivity contribution in [2.75, 3.05) is 25.0 Å². The zero-order valence-corrected chi connectivity index (χ0v) is 19.8. The van der Waals surface area contributed by atoms with Crippen LogP contribution in [0.3, 0.4) is 0 Å². The average molecular weight is 490 g/mol. The Bertz CT molecular complexity index is 1300. The Kier molecular flexibility index (Phi) is 6.45. The molecule has 1 saturated heterocycles. The summed E-state index contributed by atoms with van der Waals surface area (Å²) < 4.78 is 20.8. The maximum atomic E-state index is 13.5. The summed E-state index contributed by atoms with van der Waals surface area (Å²) in [5.41, 5.74) is 8.30.